The van der Waals surface area contributed by atoms with Crippen molar-refractivity contribution in [1.29, 1.82) is 0 Å². The molecule has 0 unspecified atom stereocenters. The summed E-state index contributed by atoms with van der Waals surface area (Å²) < 4.78 is 4.60. The molecule has 0 bridgehead atoms. The fourth-order valence-electron chi connectivity index (χ4n) is 1.20. The molecule has 8 heteroatoms. The number of anilines is 1. The summed E-state index contributed by atoms with van der Waals surface area (Å²) in [5.74, 6) is -1.30. The Labute approximate surface area is 107 Å². The monoisotopic (exact) mass is 266 g/mol. The first-order chi connectivity index (χ1) is 8.95. The zero-order chi connectivity index (χ0) is 14.4. The third-order valence-corrected chi connectivity index (χ3v) is 2.01. The molecule has 0 aliphatic rings. The molecule has 2 N–H and O–H groups in total. The third kappa shape index (κ3) is 3.80. The molecule has 0 heterocycles. The zero-order valence-electron chi connectivity index (χ0n) is 9.66. The molecule has 0 atom stereocenters. The lowest BCUT2D eigenvalue weighted by Crippen LogP contribution is -2.15. The summed E-state index contributed by atoms with van der Waals surface area (Å²) in [6.45, 7) is 3.29. The Kier molecular flexibility index (Phi) is 4.58. The lowest BCUT2D eigenvalue weighted by Gasteiger charge is -2.06. The maximum atomic E-state index is 11.2. The number of rotatable bonds is 5. The predicted molar refractivity (Wildman–Crippen MR) is 65.2 cm³/mol. The van der Waals surface area contributed by atoms with Crippen LogP contribution in [0.15, 0.2) is 30.9 Å². The van der Waals surface area contributed by atoms with E-state index in [4.69, 9.17) is 5.11 Å². The molecule has 1 aromatic carbocycles. The van der Waals surface area contributed by atoms with Crippen molar-refractivity contribution < 1.29 is 24.4 Å². The van der Waals surface area contributed by atoms with E-state index in [0.717, 1.165) is 18.2 Å². The minimum Gasteiger partial charge on any atom is -0.478 e. The lowest BCUT2D eigenvalue weighted by atomic mass is 10.2. The van der Waals surface area contributed by atoms with Crippen LogP contribution in [0.25, 0.3) is 0 Å². The number of aromatic carboxylic acids is 1. The van der Waals surface area contributed by atoms with Crippen LogP contribution in [0.1, 0.15) is 10.4 Å². The van der Waals surface area contributed by atoms with Gasteiger partial charge in [0.2, 0.25) is 0 Å². The van der Waals surface area contributed by atoms with Crippen molar-refractivity contribution in [1.82, 2.24) is 0 Å². The summed E-state index contributed by atoms with van der Waals surface area (Å²) in [6, 6.07) is 3.11. The number of carboxylic acid groups (broad SMARTS) is 1. The Bertz CT molecular complexity index is 540. The number of ether oxygens (including phenoxy) is 1. The lowest BCUT2D eigenvalue weighted by molar-refractivity contribution is -0.384. The van der Waals surface area contributed by atoms with Crippen LogP contribution in [0, 0.1) is 10.1 Å². The molecule has 0 aliphatic carbocycles. The van der Waals surface area contributed by atoms with E-state index in [9.17, 15) is 19.7 Å². The van der Waals surface area contributed by atoms with Gasteiger partial charge < -0.3 is 9.84 Å². The second kappa shape index (κ2) is 6.15. The highest BCUT2D eigenvalue weighted by atomic mass is 16.6. The Hall–Kier alpha value is -2.90. The number of hydrogen-bond donors (Lipinski definition) is 2. The van der Waals surface area contributed by atoms with E-state index in [-0.39, 0.29) is 17.9 Å². The van der Waals surface area contributed by atoms with Gasteiger partial charge >= 0.3 is 12.1 Å². The van der Waals surface area contributed by atoms with Crippen LogP contribution in [0.2, 0.25) is 0 Å². The fourth-order valence-corrected chi connectivity index (χ4v) is 1.20. The van der Waals surface area contributed by atoms with E-state index >= 15 is 0 Å². The van der Waals surface area contributed by atoms with E-state index in [1.165, 1.54) is 6.08 Å². The molecule has 1 aromatic rings. The van der Waals surface area contributed by atoms with Crippen LogP contribution < -0.4 is 5.32 Å². The highest BCUT2D eigenvalue weighted by Crippen LogP contribution is 2.25. The molecule has 0 aromatic heterocycles. The molecule has 0 spiro atoms. The number of carbonyl (C=O) groups is 2. The first kappa shape index (κ1) is 14.2. The fraction of sp³-hybridized carbons (Fsp3) is 0.0909. The molecule has 0 fully saturated rings. The molecule has 0 radical (unpaired) electrons. The largest absolute Gasteiger partial charge is 0.478 e. The molecule has 1 amide bonds. The SMILES string of the molecule is C=CCOC(=O)Nc1ccc(C(=O)O)cc1[N+](=O)[O-]. The van der Waals surface area contributed by atoms with Crippen molar-refractivity contribution in [2.24, 2.45) is 0 Å². The van der Waals surface area contributed by atoms with Gasteiger partial charge in [0.1, 0.15) is 12.3 Å². The summed E-state index contributed by atoms with van der Waals surface area (Å²) in [4.78, 5) is 32.0. The van der Waals surface area contributed by atoms with E-state index < -0.39 is 22.7 Å². The normalized spacial score (nSPS) is 9.47. The summed E-state index contributed by atoms with van der Waals surface area (Å²) in [7, 11) is 0. The summed E-state index contributed by atoms with van der Waals surface area (Å²) >= 11 is 0. The minimum absolute atomic E-state index is 0.0488. The number of carbonyl (C=O) groups excluding carboxylic acids is 1. The molecule has 100 valence electrons. The number of nitrogens with one attached hydrogen (secondary N) is 1. The van der Waals surface area contributed by atoms with E-state index in [0.29, 0.717) is 0 Å². The minimum atomic E-state index is -1.30. The first-order valence-electron chi connectivity index (χ1n) is 5.02. The van der Waals surface area contributed by atoms with Gasteiger partial charge in [-0.25, -0.2) is 9.59 Å². The van der Waals surface area contributed by atoms with Gasteiger partial charge in [0, 0.05) is 6.07 Å². The number of nitro benzene ring substituents is 1. The molecular formula is C11H10N2O6. The van der Waals surface area contributed by atoms with Gasteiger partial charge in [-0.1, -0.05) is 12.7 Å². The molecule has 8 nitrogen and oxygen atoms in total. The molecule has 1 rings (SSSR count). The molecular weight excluding hydrogens is 256 g/mol. The van der Waals surface area contributed by atoms with Crippen molar-refractivity contribution >= 4 is 23.4 Å². The quantitative estimate of drug-likeness (QED) is 0.478. The topological polar surface area (TPSA) is 119 Å². The second-order valence-corrected chi connectivity index (χ2v) is 3.31. The molecule has 0 aliphatic heterocycles. The smallest absolute Gasteiger partial charge is 0.412 e. The van der Waals surface area contributed by atoms with Gasteiger partial charge in [0.25, 0.3) is 5.69 Å². The van der Waals surface area contributed by atoms with Crippen molar-refractivity contribution in [3.63, 3.8) is 0 Å². The van der Waals surface area contributed by atoms with Crippen LogP contribution >= 0.6 is 0 Å². The van der Waals surface area contributed by atoms with Gasteiger partial charge in [-0.15, -0.1) is 0 Å². The van der Waals surface area contributed by atoms with Crippen LogP contribution in [-0.4, -0.2) is 28.7 Å². The highest BCUT2D eigenvalue weighted by Gasteiger charge is 2.19. The second-order valence-electron chi connectivity index (χ2n) is 3.31. The first-order valence-corrected chi connectivity index (χ1v) is 5.02. The Morgan fingerprint density at radius 3 is 2.74 bits per heavy atom. The number of benzene rings is 1. The van der Waals surface area contributed by atoms with Crippen LogP contribution in [-0.2, 0) is 4.74 Å². The van der Waals surface area contributed by atoms with Crippen LogP contribution in [0.5, 0.6) is 0 Å². The number of nitro groups is 1. The number of nitrogens with zero attached hydrogens (tertiary/aromatic N) is 1. The van der Waals surface area contributed by atoms with Crippen LogP contribution in [0.4, 0.5) is 16.2 Å². The standard InChI is InChI=1S/C11H10N2O6/c1-2-5-19-11(16)12-8-4-3-7(10(14)15)6-9(8)13(17)18/h2-4,6H,1,5H2,(H,12,16)(H,14,15). The van der Waals surface area contributed by atoms with Crippen molar-refractivity contribution in [2.45, 2.75) is 0 Å². The van der Waals surface area contributed by atoms with Gasteiger partial charge in [0.05, 0.1) is 10.5 Å². The van der Waals surface area contributed by atoms with Crippen LogP contribution in [0.3, 0.4) is 0 Å². The summed E-state index contributed by atoms with van der Waals surface area (Å²) in [5, 5.41) is 21.7. The van der Waals surface area contributed by atoms with Gasteiger partial charge in [-0.3, -0.25) is 15.4 Å². The van der Waals surface area contributed by atoms with Gasteiger partial charge in [-0.2, -0.15) is 0 Å². The Morgan fingerprint density at radius 2 is 2.21 bits per heavy atom. The highest BCUT2D eigenvalue weighted by molar-refractivity contribution is 5.92. The average molecular weight is 266 g/mol. The predicted octanol–water partition coefficient (Wildman–Crippen LogP) is 2.03. The summed E-state index contributed by atoms with van der Waals surface area (Å²) in [6.07, 6.45) is 0.438. The maximum absolute atomic E-state index is 11.2. The molecule has 0 saturated carbocycles. The number of carboxylic acids is 1. The van der Waals surface area contributed by atoms with Crippen molar-refractivity contribution in [3.8, 4) is 0 Å². The van der Waals surface area contributed by atoms with Crippen molar-refractivity contribution in [2.75, 3.05) is 11.9 Å². The molecule has 19 heavy (non-hydrogen) atoms. The number of amides is 1. The average Bonchev–Trinajstić information content (AvgIpc) is 2.36. The zero-order valence-corrected chi connectivity index (χ0v) is 9.66. The third-order valence-electron chi connectivity index (χ3n) is 2.01. The Balaban J connectivity index is 3.00. The maximum Gasteiger partial charge on any atom is 0.412 e. The van der Waals surface area contributed by atoms with Gasteiger partial charge in [-0.05, 0) is 12.1 Å². The van der Waals surface area contributed by atoms with E-state index in [2.05, 4.69) is 16.6 Å². The van der Waals surface area contributed by atoms with E-state index in [1.54, 1.807) is 0 Å². The summed E-state index contributed by atoms with van der Waals surface area (Å²) in [5.41, 5.74) is -0.934. The number of hydrogen-bond acceptors (Lipinski definition) is 5. The van der Waals surface area contributed by atoms with Gasteiger partial charge in [0.15, 0.2) is 0 Å². The van der Waals surface area contributed by atoms with E-state index in [1.807, 2.05) is 0 Å². The van der Waals surface area contributed by atoms with Crippen molar-refractivity contribution in [3.05, 3.63) is 46.5 Å². The molecule has 0 saturated heterocycles. The Morgan fingerprint density at radius 1 is 1.53 bits per heavy atom.